The van der Waals surface area contributed by atoms with E-state index in [1.165, 1.54) is 0 Å². The van der Waals surface area contributed by atoms with E-state index in [2.05, 4.69) is 16.0 Å². The molecule has 186 valence electrons. The van der Waals surface area contributed by atoms with E-state index >= 15 is 0 Å². The second-order valence-electron chi connectivity index (χ2n) is 9.20. The van der Waals surface area contributed by atoms with Crippen LogP contribution in [0.4, 0.5) is 5.69 Å². The Bertz CT molecular complexity index is 1330. The van der Waals surface area contributed by atoms with Gasteiger partial charge in [-0.15, -0.1) is 0 Å². The predicted octanol–water partition coefficient (Wildman–Crippen LogP) is 8.06. The van der Waals surface area contributed by atoms with Crippen molar-refractivity contribution in [3.05, 3.63) is 96.7 Å². The van der Waals surface area contributed by atoms with Crippen molar-refractivity contribution in [3.8, 4) is 0 Å². The van der Waals surface area contributed by atoms with Crippen molar-refractivity contribution in [3.63, 3.8) is 0 Å². The van der Waals surface area contributed by atoms with Gasteiger partial charge in [-0.1, -0.05) is 76.2 Å². The lowest BCUT2D eigenvalue weighted by Crippen LogP contribution is -2.46. The average molecular weight is 582 g/mol. The summed E-state index contributed by atoms with van der Waals surface area (Å²) in [6.45, 7) is 3.20. The molecule has 2 aliphatic heterocycles. The third-order valence-corrected chi connectivity index (χ3v) is 8.16. The van der Waals surface area contributed by atoms with Gasteiger partial charge in [-0.3, -0.25) is 9.69 Å². The molecule has 2 aliphatic rings. The van der Waals surface area contributed by atoms with E-state index in [0.717, 1.165) is 49.3 Å². The molecule has 0 aliphatic carbocycles. The summed E-state index contributed by atoms with van der Waals surface area (Å²) in [6.07, 6.45) is 5.98. The zero-order valence-corrected chi connectivity index (χ0v) is 22.9. The van der Waals surface area contributed by atoms with E-state index in [1.54, 1.807) is 18.2 Å². The number of carbonyl (C=O) groups is 1. The van der Waals surface area contributed by atoms with Gasteiger partial charge >= 0.3 is 0 Å². The van der Waals surface area contributed by atoms with Gasteiger partial charge in [0.25, 0.3) is 5.91 Å². The van der Waals surface area contributed by atoms with E-state index in [0.29, 0.717) is 27.2 Å². The Kier molecular flexibility index (Phi) is 7.56. The van der Waals surface area contributed by atoms with Gasteiger partial charge in [-0.05, 0) is 79.5 Å². The highest BCUT2D eigenvalue weighted by Crippen LogP contribution is 2.48. The second-order valence-corrected chi connectivity index (χ2v) is 11.3. The number of likely N-dealkylation sites (tertiary alicyclic amines) is 1. The number of halogens is 5. The number of nitrogens with zero attached hydrogens (tertiary/aromatic N) is 3. The van der Waals surface area contributed by atoms with Gasteiger partial charge in [-0.25, -0.2) is 4.98 Å². The number of pyridine rings is 1. The molecule has 1 aromatic heterocycles. The standard InChI is InChI=1S/C27H22Cl5N3O/c28-19-5-6-23-21(14-19)27(16-35(23)26(36)18-12-24(31)33-25(32)13-18)7-10-34(11-8-27)9-1-2-17-3-4-20(29)15-22(17)30/h1-6,12-15H,7-11,16H2/b2-1+. The van der Waals surface area contributed by atoms with Crippen molar-refractivity contribution in [2.45, 2.75) is 18.3 Å². The Morgan fingerprint density at radius 2 is 1.58 bits per heavy atom. The van der Waals surface area contributed by atoms with E-state index in [4.69, 9.17) is 58.0 Å². The number of amides is 1. The van der Waals surface area contributed by atoms with Gasteiger partial charge in [0.15, 0.2) is 0 Å². The Labute approximate surface area is 235 Å². The van der Waals surface area contributed by atoms with Gasteiger partial charge < -0.3 is 4.90 Å². The van der Waals surface area contributed by atoms with Crippen LogP contribution in [-0.4, -0.2) is 42.0 Å². The minimum absolute atomic E-state index is 0.146. The molecular weight excluding hydrogens is 560 g/mol. The van der Waals surface area contributed by atoms with Crippen LogP contribution in [0.25, 0.3) is 6.08 Å². The Morgan fingerprint density at radius 3 is 2.28 bits per heavy atom. The van der Waals surface area contributed by atoms with Crippen LogP contribution in [0.2, 0.25) is 25.4 Å². The molecule has 1 spiro atoms. The van der Waals surface area contributed by atoms with E-state index in [9.17, 15) is 4.79 Å². The molecule has 1 fully saturated rings. The number of hydrogen-bond donors (Lipinski definition) is 0. The van der Waals surface area contributed by atoms with Crippen LogP contribution >= 0.6 is 58.0 Å². The topological polar surface area (TPSA) is 36.4 Å². The molecule has 9 heteroatoms. The molecule has 2 aromatic carbocycles. The summed E-state index contributed by atoms with van der Waals surface area (Å²) in [7, 11) is 0. The lowest BCUT2D eigenvalue weighted by molar-refractivity contribution is 0.0977. The lowest BCUT2D eigenvalue weighted by atomic mass is 9.74. The summed E-state index contributed by atoms with van der Waals surface area (Å²) in [4.78, 5) is 21.7. The first-order valence-electron chi connectivity index (χ1n) is 11.5. The first-order chi connectivity index (χ1) is 17.2. The van der Waals surface area contributed by atoms with Gasteiger partial charge in [0.1, 0.15) is 10.3 Å². The van der Waals surface area contributed by atoms with Gasteiger partial charge in [0.05, 0.1) is 0 Å². The zero-order valence-electron chi connectivity index (χ0n) is 19.2. The summed E-state index contributed by atoms with van der Waals surface area (Å²) in [5, 5.41) is 2.31. The van der Waals surface area contributed by atoms with Crippen LogP contribution < -0.4 is 4.90 Å². The Balaban J connectivity index is 1.32. The zero-order chi connectivity index (χ0) is 25.4. The fourth-order valence-corrected chi connectivity index (χ4v) is 6.23. The molecule has 1 saturated heterocycles. The molecule has 36 heavy (non-hydrogen) atoms. The van der Waals surface area contributed by atoms with Crippen molar-refractivity contribution < 1.29 is 4.79 Å². The number of rotatable bonds is 4. The fraction of sp³-hybridized carbons (Fsp3) is 0.259. The number of aromatic nitrogens is 1. The van der Waals surface area contributed by atoms with Crippen molar-refractivity contribution in [1.82, 2.24) is 9.88 Å². The maximum absolute atomic E-state index is 13.5. The van der Waals surface area contributed by atoms with Crippen molar-refractivity contribution in [1.29, 1.82) is 0 Å². The first kappa shape index (κ1) is 25.8. The molecule has 0 atom stereocenters. The molecule has 4 nitrogen and oxygen atoms in total. The maximum atomic E-state index is 13.5. The maximum Gasteiger partial charge on any atom is 0.258 e. The van der Waals surface area contributed by atoms with Crippen molar-refractivity contribution in [2.75, 3.05) is 31.1 Å². The Morgan fingerprint density at radius 1 is 0.917 bits per heavy atom. The normalized spacial score (nSPS) is 17.2. The molecule has 0 radical (unpaired) electrons. The van der Waals surface area contributed by atoms with Crippen LogP contribution in [0, 0.1) is 0 Å². The smallest absolute Gasteiger partial charge is 0.258 e. The molecule has 3 heterocycles. The summed E-state index contributed by atoms with van der Waals surface area (Å²) in [5.74, 6) is -0.146. The third-order valence-electron chi connectivity index (χ3n) is 6.97. The van der Waals surface area contributed by atoms with Crippen LogP contribution in [0.5, 0.6) is 0 Å². The summed E-state index contributed by atoms with van der Waals surface area (Å²) >= 11 is 30.8. The predicted molar refractivity (Wildman–Crippen MR) is 150 cm³/mol. The molecule has 1 amide bonds. The molecule has 3 aromatic rings. The SMILES string of the molecule is O=C(c1cc(Cl)nc(Cl)c1)N1CC2(CCN(C/C=C/c3ccc(Cl)cc3Cl)CC2)c2cc(Cl)ccc21. The molecule has 0 N–H and O–H groups in total. The number of piperidine rings is 1. The van der Waals surface area contributed by atoms with Crippen LogP contribution in [-0.2, 0) is 5.41 Å². The summed E-state index contributed by atoms with van der Waals surface area (Å²) in [5.41, 5.74) is 3.22. The monoisotopic (exact) mass is 579 g/mol. The molecule has 5 rings (SSSR count). The lowest BCUT2D eigenvalue weighted by Gasteiger charge is -2.39. The summed E-state index contributed by atoms with van der Waals surface area (Å²) < 4.78 is 0. The highest BCUT2D eigenvalue weighted by Gasteiger charge is 2.46. The highest BCUT2D eigenvalue weighted by atomic mass is 35.5. The number of carbonyl (C=O) groups excluding carboxylic acids is 1. The van der Waals surface area contributed by atoms with Crippen molar-refractivity contribution >= 4 is 75.7 Å². The molecule has 0 bridgehead atoms. The number of benzene rings is 2. The van der Waals surface area contributed by atoms with E-state index in [-0.39, 0.29) is 21.6 Å². The van der Waals surface area contributed by atoms with Crippen molar-refractivity contribution in [2.24, 2.45) is 0 Å². The van der Waals surface area contributed by atoms with Gasteiger partial charge in [-0.2, -0.15) is 0 Å². The fourth-order valence-electron chi connectivity index (χ4n) is 5.12. The van der Waals surface area contributed by atoms with E-state index < -0.39 is 0 Å². The number of fused-ring (bicyclic) bond motifs is 2. The quantitative estimate of drug-likeness (QED) is 0.293. The average Bonchev–Trinajstić information content (AvgIpc) is 3.14. The second kappa shape index (κ2) is 10.5. The van der Waals surface area contributed by atoms with Gasteiger partial charge in [0, 0.05) is 44.8 Å². The largest absolute Gasteiger partial charge is 0.307 e. The minimum Gasteiger partial charge on any atom is -0.307 e. The molecule has 0 saturated carbocycles. The minimum atomic E-state index is -0.157. The van der Waals surface area contributed by atoms with Crippen LogP contribution in [0.3, 0.4) is 0 Å². The van der Waals surface area contributed by atoms with Gasteiger partial charge in [0.2, 0.25) is 0 Å². The third kappa shape index (κ3) is 5.26. The number of anilines is 1. The Hall–Kier alpha value is -1.79. The van der Waals surface area contributed by atoms with Crippen LogP contribution in [0.15, 0.2) is 54.6 Å². The van der Waals surface area contributed by atoms with E-state index in [1.807, 2.05) is 41.3 Å². The molecular formula is C27H22Cl5N3O. The first-order valence-corrected chi connectivity index (χ1v) is 13.4. The summed E-state index contributed by atoms with van der Waals surface area (Å²) in [6, 6.07) is 14.4. The highest BCUT2D eigenvalue weighted by molar-refractivity contribution is 6.35. The van der Waals surface area contributed by atoms with Crippen LogP contribution in [0.1, 0.15) is 34.3 Å². The number of hydrogen-bond acceptors (Lipinski definition) is 3. The molecule has 0 unspecified atom stereocenters.